The lowest BCUT2D eigenvalue weighted by Gasteiger charge is -2.32. The van der Waals surface area contributed by atoms with Gasteiger partial charge in [-0.2, -0.15) is 0 Å². The zero-order valence-electron chi connectivity index (χ0n) is 16.9. The van der Waals surface area contributed by atoms with Gasteiger partial charge in [0.25, 0.3) is 0 Å². The van der Waals surface area contributed by atoms with Crippen molar-refractivity contribution < 1.29 is 4.74 Å². The van der Waals surface area contributed by atoms with Gasteiger partial charge in [-0.25, -0.2) is 0 Å². The van der Waals surface area contributed by atoms with Crippen LogP contribution in [0.4, 0.5) is 0 Å². The second kappa shape index (κ2) is 7.66. The zero-order chi connectivity index (χ0) is 20.6. The molecule has 148 valence electrons. The molecule has 5 rings (SSSR count). The first-order chi connectivity index (χ1) is 14.7. The SMILES string of the molecule is Cc1ccc(OC2CC(c3ccccc3)(c3ccccc3)c3ccccc32)c(Cl)c1. The Morgan fingerprint density at radius 3 is 2.00 bits per heavy atom. The highest BCUT2D eigenvalue weighted by Gasteiger charge is 2.47. The highest BCUT2D eigenvalue weighted by atomic mass is 35.5. The molecule has 2 heteroatoms. The molecule has 1 aliphatic carbocycles. The predicted octanol–water partition coefficient (Wildman–Crippen LogP) is 7.51. The van der Waals surface area contributed by atoms with E-state index >= 15 is 0 Å². The van der Waals surface area contributed by atoms with Crippen LogP contribution in [0.3, 0.4) is 0 Å². The van der Waals surface area contributed by atoms with Gasteiger partial charge in [0.15, 0.2) is 0 Å². The fourth-order valence-electron chi connectivity index (χ4n) is 4.78. The number of ether oxygens (including phenoxy) is 1. The first-order valence-electron chi connectivity index (χ1n) is 10.3. The summed E-state index contributed by atoms with van der Waals surface area (Å²) < 4.78 is 6.55. The van der Waals surface area contributed by atoms with Gasteiger partial charge in [0.1, 0.15) is 11.9 Å². The van der Waals surface area contributed by atoms with E-state index in [0.717, 1.165) is 17.7 Å². The fraction of sp³-hybridized carbons (Fsp3) is 0.143. The average molecular weight is 411 g/mol. The highest BCUT2D eigenvalue weighted by Crippen LogP contribution is 2.54. The van der Waals surface area contributed by atoms with Crippen molar-refractivity contribution >= 4 is 11.6 Å². The van der Waals surface area contributed by atoms with Crippen molar-refractivity contribution in [2.24, 2.45) is 0 Å². The Hall–Kier alpha value is -3.03. The lowest BCUT2D eigenvalue weighted by Crippen LogP contribution is -2.27. The molecule has 0 saturated carbocycles. The molecule has 0 radical (unpaired) electrons. The molecule has 4 aromatic carbocycles. The van der Waals surface area contributed by atoms with E-state index in [1.807, 2.05) is 25.1 Å². The Morgan fingerprint density at radius 1 is 0.767 bits per heavy atom. The van der Waals surface area contributed by atoms with E-state index in [1.165, 1.54) is 22.3 Å². The van der Waals surface area contributed by atoms with Crippen LogP contribution in [0.25, 0.3) is 0 Å². The van der Waals surface area contributed by atoms with Crippen molar-refractivity contribution in [1.29, 1.82) is 0 Å². The highest BCUT2D eigenvalue weighted by molar-refractivity contribution is 6.32. The molecule has 0 heterocycles. The van der Waals surface area contributed by atoms with Crippen molar-refractivity contribution in [3.63, 3.8) is 0 Å². The molecular formula is C28H23ClO. The third-order valence-electron chi connectivity index (χ3n) is 6.15. The molecule has 0 amide bonds. The molecule has 4 aromatic rings. The summed E-state index contributed by atoms with van der Waals surface area (Å²) >= 11 is 6.52. The standard InChI is InChI=1S/C28H23ClO/c1-20-16-17-26(25(29)18-20)30-27-19-28(21-10-4-2-5-11-21,22-12-6-3-7-13-22)24-15-9-8-14-23(24)27/h2-18,27H,19H2,1H3. The monoisotopic (exact) mass is 410 g/mol. The summed E-state index contributed by atoms with van der Waals surface area (Å²) in [6.07, 6.45) is 0.742. The molecule has 30 heavy (non-hydrogen) atoms. The van der Waals surface area contributed by atoms with Gasteiger partial charge in [0.05, 0.1) is 5.02 Å². The Labute approximate surface area is 182 Å². The maximum Gasteiger partial charge on any atom is 0.138 e. The van der Waals surface area contributed by atoms with Crippen LogP contribution >= 0.6 is 11.6 Å². The molecule has 0 fully saturated rings. The van der Waals surface area contributed by atoms with Crippen molar-refractivity contribution in [3.8, 4) is 5.75 Å². The van der Waals surface area contributed by atoms with E-state index in [9.17, 15) is 0 Å². The Bertz CT molecular complexity index is 1130. The molecule has 0 aliphatic heterocycles. The van der Waals surface area contributed by atoms with Gasteiger partial charge >= 0.3 is 0 Å². The van der Waals surface area contributed by atoms with Crippen molar-refractivity contribution in [3.05, 3.63) is 136 Å². The quantitative estimate of drug-likeness (QED) is 0.338. The second-order valence-corrected chi connectivity index (χ2v) is 8.38. The van der Waals surface area contributed by atoms with Crippen LogP contribution in [0.2, 0.25) is 5.02 Å². The fourth-order valence-corrected chi connectivity index (χ4v) is 5.06. The largest absolute Gasteiger partial charge is 0.484 e. The predicted molar refractivity (Wildman–Crippen MR) is 123 cm³/mol. The van der Waals surface area contributed by atoms with Crippen LogP contribution in [0, 0.1) is 6.92 Å². The summed E-state index contributed by atoms with van der Waals surface area (Å²) in [7, 11) is 0. The van der Waals surface area contributed by atoms with E-state index in [2.05, 4.69) is 84.9 Å². The van der Waals surface area contributed by atoms with Crippen LogP contribution in [0.15, 0.2) is 103 Å². The van der Waals surface area contributed by atoms with Crippen LogP contribution in [-0.4, -0.2) is 0 Å². The van der Waals surface area contributed by atoms with Crippen LogP contribution in [-0.2, 0) is 5.41 Å². The van der Waals surface area contributed by atoms with E-state index in [0.29, 0.717) is 5.02 Å². The minimum Gasteiger partial charge on any atom is -0.484 e. The maximum atomic E-state index is 6.55. The first kappa shape index (κ1) is 19.0. The minimum absolute atomic E-state index is 0.0816. The summed E-state index contributed by atoms with van der Waals surface area (Å²) in [4.78, 5) is 0. The number of hydrogen-bond donors (Lipinski definition) is 0. The van der Waals surface area contributed by atoms with Gasteiger partial charge in [0.2, 0.25) is 0 Å². The lowest BCUT2D eigenvalue weighted by atomic mass is 9.70. The van der Waals surface area contributed by atoms with Gasteiger partial charge in [-0.3, -0.25) is 0 Å². The smallest absolute Gasteiger partial charge is 0.138 e. The van der Waals surface area contributed by atoms with Gasteiger partial charge in [-0.15, -0.1) is 0 Å². The zero-order valence-corrected chi connectivity index (χ0v) is 17.6. The molecule has 0 aromatic heterocycles. The second-order valence-electron chi connectivity index (χ2n) is 7.97. The van der Waals surface area contributed by atoms with Crippen LogP contribution in [0.1, 0.15) is 40.3 Å². The number of aryl methyl sites for hydroxylation is 1. The van der Waals surface area contributed by atoms with Gasteiger partial charge < -0.3 is 4.74 Å². The lowest BCUT2D eigenvalue weighted by molar-refractivity contribution is 0.194. The third kappa shape index (κ3) is 3.11. The molecule has 0 N–H and O–H groups in total. The number of hydrogen-bond acceptors (Lipinski definition) is 1. The summed E-state index contributed by atoms with van der Waals surface area (Å²) in [5, 5.41) is 0.657. The molecule has 1 unspecified atom stereocenters. The third-order valence-corrected chi connectivity index (χ3v) is 6.44. The number of halogens is 1. The molecule has 1 nitrogen and oxygen atoms in total. The van der Waals surface area contributed by atoms with Crippen LogP contribution in [0.5, 0.6) is 5.75 Å². The summed E-state index contributed by atoms with van der Waals surface area (Å²) in [5.41, 5.74) is 5.95. The Morgan fingerprint density at radius 2 is 1.37 bits per heavy atom. The Balaban J connectivity index is 1.68. The molecule has 1 atom stereocenters. The number of benzene rings is 4. The molecular weight excluding hydrogens is 388 g/mol. The van der Waals surface area contributed by atoms with E-state index in [1.54, 1.807) is 0 Å². The van der Waals surface area contributed by atoms with Gasteiger partial charge in [0, 0.05) is 11.8 Å². The van der Waals surface area contributed by atoms with Crippen LogP contribution < -0.4 is 4.74 Å². The number of fused-ring (bicyclic) bond motifs is 1. The van der Waals surface area contributed by atoms with Gasteiger partial charge in [-0.05, 0) is 46.9 Å². The summed E-state index contributed by atoms with van der Waals surface area (Å²) in [5.74, 6) is 0.735. The van der Waals surface area contributed by atoms with Gasteiger partial charge in [-0.1, -0.05) is 103 Å². The van der Waals surface area contributed by atoms with E-state index in [-0.39, 0.29) is 11.5 Å². The molecule has 0 bridgehead atoms. The van der Waals surface area contributed by atoms with E-state index in [4.69, 9.17) is 16.3 Å². The molecule has 1 aliphatic rings. The van der Waals surface area contributed by atoms with Crippen molar-refractivity contribution in [2.45, 2.75) is 24.9 Å². The average Bonchev–Trinajstić information content (AvgIpc) is 3.12. The molecule has 0 spiro atoms. The van der Waals surface area contributed by atoms with Crippen molar-refractivity contribution in [2.75, 3.05) is 0 Å². The van der Waals surface area contributed by atoms with E-state index < -0.39 is 0 Å². The summed E-state index contributed by atoms with van der Waals surface area (Å²) in [6.45, 7) is 2.04. The topological polar surface area (TPSA) is 9.23 Å². The normalized spacial score (nSPS) is 16.8. The number of rotatable bonds is 4. The van der Waals surface area contributed by atoms with Crippen molar-refractivity contribution in [1.82, 2.24) is 0 Å². The Kier molecular flexibility index (Phi) is 4.84. The molecule has 0 saturated heterocycles. The summed E-state index contributed by atoms with van der Waals surface area (Å²) in [6, 6.07) is 36.2. The maximum absolute atomic E-state index is 6.55. The first-order valence-corrected chi connectivity index (χ1v) is 10.7. The minimum atomic E-state index is -0.263.